The number of rotatable bonds is 5. The molecule has 0 bridgehead atoms. The number of hydrogen-bond acceptors (Lipinski definition) is 4. The molecule has 0 aliphatic heterocycles. The molecule has 0 fully saturated rings. The van der Waals surface area contributed by atoms with Crippen LogP contribution in [0, 0.1) is 18.3 Å². The van der Waals surface area contributed by atoms with E-state index in [0.717, 1.165) is 0 Å². The third-order valence-electron chi connectivity index (χ3n) is 3.35. The monoisotopic (exact) mass is 260 g/mol. The first-order valence-corrected chi connectivity index (χ1v) is 6.58. The predicted molar refractivity (Wildman–Crippen MR) is 72.5 cm³/mol. The Morgan fingerprint density at radius 1 is 1.37 bits per heavy atom. The van der Waals surface area contributed by atoms with E-state index >= 15 is 0 Å². The zero-order valence-corrected chi connectivity index (χ0v) is 11.9. The third-order valence-corrected chi connectivity index (χ3v) is 3.35. The lowest BCUT2D eigenvalue weighted by Crippen LogP contribution is -2.46. The lowest BCUT2D eigenvalue weighted by molar-refractivity contribution is 0.0913. The van der Waals surface area contributed by atoms with Crippen molar-refractivity contribution < 1.29 is 4.79 Å². The van der Waals surface area contributed by atoms with Gasteiger partial charge in [0.15, 0.2) is 0 Å². The maximum absolute atomic E-state index is 12.3. The van der Waals surface area contributed by atoms with E-state index in [1.54, 1.807) is 13.0 Å². The number of nitrogens with zero attached hydrogens (tertiary/aromatic N) is 3. The Kier molecular flexibility index (Phi) is 4.99. The van der Waals surface area contributed by atoms with Crippen LogP contribution in [0.4, 0.5) is 0 Å². The lowest BCUT2D eigenvalue weighted by atomic mass is 9.94. The van der Waals surface area contributed by atoms with E-state index in [9.17, 15) is 10.1 Å². The molecule has 1 aromatic heterocycles. The molecule has 5 heteroatoms. The van der Waals surface area contributed by atoms with E-state index in [0.29, 0.717) is 36.2 Å². The zero-order chi connectivity index (χ0) is 14.5. The zero-order valence-electron chi connectivity index (χ0n) is 11.9. The second kappa shape index (κ2) is 6.28. The quantitative estimate of drug-likeness (QED) is 0.879. The summed E-state index contributed by atoms with van der Waals surface area (Å²) in [6.45, 7) is 7.50. The van der Waals surface area contributed by atoms with Crippen LogP contribution in [-0.4, -0.2) is 21.6 Å². The van der Waals surface area contributed by atoms with Crippen molar-refractivity contribution in [3.05, 3.63) is 23.0 Å². The van der Waals surface area contributed by atoms with Crippen LogP contribution in [0.5, 0.6) is 0 Å². The lowest BCUT2D eigenvalue weighted by Gasteiger charge is -2.25. The van der Waals surface area contributed by atoms with Crippen LogP contribution in [0.3, 0.4) is 0 Å². The van der Waals surface area contributed by atoms with E-state index in [1.807, 2.05) is 20.8 Å². The molecule has 0 aliphatic carbocycles. The van der Waals surface area contributed by atoms with Crippen molar-refractivity contribution in [2.45, 2.75) is 52.5 Å². The fourth-order valence-electron chi connectivity index (χ4n) is 1.87. The average molecular weight is 260 g/mol. The number of amides is 1. The molecular formula is C14H20N4O. The molecule has 0 unspecified atom stereocenters. The Balaban J connectivity index is 3.08. The molecule has 1 rings (SSSR count). The van der Waals surface area contributed by atoms with E-state index in [1.165, 1.54) is 0 Å². The number of nitrogens with one attached hydrogen (secondary N) is 1. The third kappa shape index (κ3) is 3.28. The molecule has 5 nitrogen and oxygen atoms in total. The summed E-state index contributed by atoms with van der Waals surface area (Å²) in [6.07, 6.45) is 1.78. The van der Waals surface area contributed by atoms with Crippen LogP contribution < -0.4 is 5.32 Å². The van der Waals surface area contributed by atoms with E-state index < -0.39 is 5.54 Å². The van der Waals surface area contributed by atoms with Gasteiger partial charge in [0, 0.05) is 0 Å². The molecule has 1 aromatic rings. The van der Waals surface area contributed by atoms with Gasteiger partial charge in [-0.25, -0.2) is 0 Å². The topological polar surface area (TPSA) is 78.7 Å². The van der Waals surface area contributed by atoms with Crippen molar-refractivity contribution in [2.24, 2.45) is 0 Å². The highest BCUT2D eigenvalue weighted by molar-refractivity contribution is 5.96. The van der Waals surface area contributed by atoms with Gasteiger partial charge in [-0.1, -0.05) is 20.8 Å². The average Bonchev–Trinajstić information content (AvgIpc) is 2.44. The molecule has 0 spiro atoms. The van der Waals surface area contributed by atoms with Crippen LogP contribution in [0.15, 0.2) is 6.07 Å². The maximum Gasteiger partial charge on any atom is 0.254 e. The highest BCUT2D eigenvalue weighted by Gasteiger charge is 2.29. The molecule has 1 heterocycles. The molecule has 0 aliphatic rings. The molecule has 0 saturated heterocycles. The molecule has 19 heavy (non-hydrogen) atoms. The number of carbonyl (C=O) groups excluding carboxylic acids is 1. The van der Waals surface area contributed by atoms with Gasteiger partial charge in [0.05, 0.1) is 23.0 Å². The summed E-state index contributed by atoms with van der Waals surface area (Å²) in [4.78, 5) is 12.3. The fraction of sp³-hybridized carbons (Fsp3) is 0.571. The Labute approximate surface area is 114 Å². The van der Waals surface area contributed by atoms with E-state index in [2.05, 4.69) is 21.6 Å². The summed E-state index contributed by atoms with van der Waals surface area (Å²) < 4.78 is 0. The molecule has 0 radical (unpaired) electrons. The highest BCUT2D eigenvalue weighted by Crippen LogP contribution is 2.16. The molecule has 0 saturated carbocycles. The van der Waals surface area contributed by atoms with Gasteiger partial charge in [0.2, 0.25) is 0 Å². The van der Waals surface area contributed by atoms with E-state index in [-0.39, 0.29) is 5.91 Å². The summed E-state index contributed by atoms with van der Waals surface area (Å²) in [5.41, 5.74) is 1.05. The molecule has 0 atom stereocenters. The number of aromatic nitrogens is 2. The largest absolute Gasteiger partial charge is 0.334 e. The minimum absolute atomic E-state index is 0.250. The minimum atomic E-state index is -0.806. The smallest absolute Gasteiger partial charge is 0.254 e. The van der Waals surface area contributed by atoms with Gasteiger partial charge in [-0.05, 0) is 32.3 Å². The minimum Gasteiger partial charge on any atom is -0.334 e. The molecule has 102 valence electrons. The van der Waals surface area contributed by atoms with Crippen molar-refractivity contribution in [3.8, 4) is 6.07 Å². The van der Waals surface area contributed by atoms with Gasteiger partial charge < -0.3 is 5.32 Å². The van der Waals surface area contributed by atoms with Crippen LogP contribution in [0.1, 0.15) is 55.4 Å². The second-order valence-electron chi connectivity index (χ2n) is 4.55. The normalized spacial score (nSPS) is 10.9. The standard InChI is InChI=1S/C14H20N4O/c1-5-12-11(8-10(4)17-18-12)13(19)16-14(6-2,7-3)9-15/h8H,5-7H2,1-4H3,(H,16,19). The summed E-state index contributed by atoms with van der Waals surface area (Å²) >= 11 is 0. The Hall–Kier alpha value is -1.96. The number of carbonyl (C=O) groups is 1. The maximum atomic E-state index is 12.3. The molecule has 1 amide bonds. The molecule has 1 N–H and O–H groups in total. The SMILES string of the molecule is CCc1nnc(C)cc1C(=O)NC(C#N)(CC)CC. The fourth-order valence-corrected chi connectivity index (χ4v) is 1.87. The molecular weight excluding hydrogens is 240 g/mol. The first-order chi connectivity index (χ1) is 9.01. The first kappa shape index (κ1) is 15.1. The summed E-state index contributed by atoms with van der Waals surface area (Å²) in [5, 5.41) is 20.1. The van der Waals surface area contributed by atoms with Crippen LogP contribution in [0.25, 0.3) is 0 Å². The van der Waals surface area contributed by atoms with Crippen molar-refractivity contribution in [1.29, 1.82) is 5.26 Å². The van der Waals surface area contributed by atoms with Crippen molar-refractivity contribution >= 4 is 5.91 Å². The van der Waals surface area contributed by atoms with Crippen molar-refractivity contribution in [2.75, 3.05) is 0 Å². The second-order valence-corrected chi connectivity index (χ2v) is 4.55. The molecule has 0 aromatic carbocycles. The summed E-state index contributed by atoms with van der Waals surface area (Å²) in [7, 11) is 0. The summed E-state index contributed by atoms with van der Waals surface area (Å²) in [6, 6.07) is 3.92. The highest BCUT2D eigenvalue weighted by atomic mass is 16.1. The van der Waals surface area contributed by atoms with Gasteiger partial charge in [-0.15, -0.1) is 0 Å². The number of hydrogen-bond donors (Lipinski definition) is 1. The number of nitriles is 1. The van der Waals surface area contributed by atoms with Gasteiger partial charge in [0.25, 0.3) is 5.91 Å². The van der Waals surface area contributed by atoms with Crippen LogP contribution in [-0.2, 0) is 6.42 Å². The number of aryl methyl sites for hydroxylation is 2. The van der Waals surface area contributed by atoms with Gasteiger partial charge in [0.1, 0.15) is 5.54 Å². The van der Waals surface area contributed by atoms with Crippen LogP contribution >= 0.6 is 0 Å². The summed E-state index contributed by atoms with van der Waals surface area (Å²) in [5.74, 6) is -0.250. The van der Waals surface area contributed by atoms with Crippen molar-refractivity contribution in [1.82, 2.24) is 15.5 Å². The van der Waals surface area contributed by atoms with Gasteiger partial charge in [-0.3, -0.25) is 4.79 Å². The predicted octanol–water partition coefficient (Wildman–Crippen LogP) is 2.16. The van der Waals surface area contributed by atoms with Crippen molar-refractivity contribution in [3.63, 3.8) is 0 Å². The van der Waals surface area contributed by atoms with Gasteiger partial charge >= 0.3 is 0 Å². The Morgan fingerprint density at radius 3 is 2.47 bits per heavy atom. The Bertz CT molecular complexity index is 501. The Morgan fingerprint density at radius 2 is 2.00 bits per heavy atom. The van der Waals surface area contributed by atoms with Gasteiger partial charge in [-0.2, -0.15) is 15.5 Å². The first-order valence-electron chi connectivity index (χ1n) is 6.58. The van der Waals surface area contributed by atoms with E-state index in [4.69, 9.17) is 0 Å². The van der Waals surface area contributed by atoms with Crippen LogP contribution in [0.2, 0.25) is 0 Å².